The first-order valence-corrected chi connectivity index (χ1v) is 6.64. The van der Waals surface area contributed by atoms with Crippen LogP contribution in [0.5, 0.6) is 0 Å². The lowest BCUT2D eigenvalue weighted by atomic mass is 9.84. The van der Waals surface area contributed by atoms with Crippen LogP contribution in [0.4, 0.5) is 8.78 Å². The highest BCUT2D eigenvalue weighted by molar-refractivity contribution is 5.39. The van der Waals surface area contributed by atoms with Gasteiger partial charge in [-0.3, -0.25) is 11.3 Å². The van der Waals surface area contributed by atoms with E-state index in [0.29, 0.717) is 0 Å². The molecule has 3 rings (SSSR count). The summed E-state index contributed by atoms with van der Waals surface area (Å²) in [6, 6.07) is 13.6. The van der Waals surface area contributed by atoms with E-state index in [1.54, 1.807) is 6.07 Å². The highest BCUT2D eigenvalue weighted by Crippen LogP contribution is 2.56. The molecule has 0 spiro atoms. The fourth-order valence-electron chi connectivity index (χ4n) is 2.94. The van der Waals surface area contributed by atoms with E-state index in [2.05, 4.69) is 5.43 Å². The average molecular weight is 274 g/mol. The molecule has 1 saturated carbocycles. The third-order valence-electron chi connectivity index (χ3n) is 4.15. The van der Waals surface area contributed by atoms with E-state index in [-0.39, 0.29) is 11.0 Å². The molecular weight excluding hydrogens is 258 g/mol. The molecule has 2 aromatic carbocycles. The van der Waals surface area contributed by atoms with Gasteiger partial charge in [-0.15, -0.1) is 0 Å². The van der Waals surface area contributed by atoms with Crippen molar-refractivity contribution in [3.8, 4) is 0 Å². The van der Waals surface area contributed by atoms with Crippen molar-refractivity contribution in [2.24, 2.45) is 5.84 Å². The van der Waals surface area contributed by atoms with Crippen molar-refractivity contribution in [3.05, 3.63) is 71.3 Å². The van der Waals surface area contributed by atoms with Crippen molar-refractivity contribution in [2.45, 2.75) is 24.3 Å². The molecule has 0 aromatic heterocycles. The van der Waals surface area contributed by atoms with Crippen LogP contribution in [0.15, 0.2) is 48.5 Å². The van der Waals surface area contributed by atoms with Crippen LogP contribution in [-0.4, -0.2) is 0 Å². The summed E-state index contributed by atoms with van der Waals surface area (Å²) in [4.78, 5) is 0. The van der Waals surface area contributed by atoms with Gasteiger partial charge in [0.25, 0.3) is 0 Å². The Morgan fingerprint density at radius 3 is 2.30 bits per heavy atom. The second-order valence-electron chi connectivity index (χ2n) is 5.26. The van der Waals surface area contributed by atoms with Gasteiger partial charge >= 0.3 is 0 Å². The molecule has 1 unspecified atom stereocenters. The lowest BCUT2D eigenvalue weighted by molar-refractivity contribution is 0.407. The molecule has 0 amide bonds. The minimum atomic E-state index is -0.841. The van der Waals surface area contributed by atoms with E-state index < -0.39 is 17.7 Å². The van der Waals surface area contributed by atoms with Crippen molar-refractivity contribution in [1.82, 2.24) is 5.43 Å². The summed E-state index contributed by atoms with van der Waals surface area (Å²) in [5.41, 5.74) is 3.82. The first kappa shape index (κ1) is 13.2. The second-order valence-corrected chi connectivity index (χ2v) is 5.26. The number of hydrogen-bond donors (Lipinski definition) is 2. The molecule has 0 heterocycles. The Morgan fingerprint density at radius 1 is 1.00 bits per heavy atom. The number of halogens is 2. The number of nitrogens with two attached hydrogens (primary N) is 1. The molecule has 0 radical (unpaired) electrons. The molecule has 4 heteroatoms. The van der Waals surface area contributed by atoms with Crippen LogP contribution in [-0.2, 0) is 5.41 Å². The quantitative estimate of drug-likeness (QED) is 0.663. The molecule has 1 aliphatic carbocycles. The SMILES string of the molecule is NNC(c1cccc(F)c1F)C1(c2ccccc2)CC1. The molecule has 2 nitrogen and oxygen atoms in total. The van der Waals surface area contributed by atoms with Crippen molar-refractivity contribution in [3.63, 3.8) is 0 Å². The molecule has 20 heavy (non-hydrogen) atoms. The Bertz CT molecular complexity index is 609. The van der Waals surface area contributed by atoms with Gasteiger partial charge in [-0.25, -0.2) is 8.78 Å². The van der Waals surface area contributed by atoms with Gasteiger partial charge in [-0.1, -0.05) is 42.5 Å². The Hall–Kier alpha value is -1.78. The summed E-state index contributed by atoms with van der Waals surface area (Å²) in [6.07, 6.45) is 1.81. The lowest BCUT2D eigenvalue weighted by Crippen LogP contribution is -2.37. The minimum Gasteiger partial charge on any atom is -0.271 e. The maximum Gasteiger partial charge on any atom is 0.163 e. The summed E-state index contributed by atoms with van der Waals surface area (Å²) in [6.45, 7) is 0. The zero-order valence-electron chi connectivity index (χ0n) is 10.9. The Balaban J connectivity index is 2.05. The fraction of sp³-hybridized carbons (Fsp3) is 0.250. The molecule has 3 N–H and O–H groups in total. The molecular formula is C16H16F2N2. The van der Waals surface area contributed by atoms with Crippen molar-refractivity contribution < 1.29 is 8.78 Å². The molecule has 1 aliphatic rings. The van der Waals surface area contributed by atoms with Crippen LogP contribution in [0.3, 0.4) is 0 Å². The zero-order chi connectivity index (χ0) is 14.2. The standard InChI is InChI=1S/C16H16F2N2/c17-13-8-4-7-12(14(13)18)15(20-19)16(9-10-16)11-5-2-1-3-6-11/h1-8,15,20H,9-10,19H2. The summed E-state index contributed by atoms with van der Waals surface area (Å²) >= 11 is 0. The average Bonchev–Trinajstić information content (AvgIpc) is 3.27. The predicted molar refractivity (Wildman–Crippen MR) is 73.8 cm³/mol. The van der Waals surface area contributed by atoms with Crippen LogP contribution in [0.25, 0.3) is 0 Å². The maximum absolute atomic E-state index is 14.0. The molecule has 0 bridgehead atoms. The van der Waals surface area contributed by atoms with Gasteiger partial charge in [0.1, 0.15) is 0 Å². The van der Waals surface area contributed by atoms with Crippen molar-refractivity contribution in [2.75, 3.05) is 0 Å². The molecule has 2 aromatic rings. The van der Waals surface area contributed by atoms with Gasteiger partial charge in [-0.2, -0.15) is 0 Å². The summed E-state index contributed by atoms with van der Waals surface area (Å²) in [5, 5.41) is 0. The summed E-state index contributed by atoms with van der Waals surface area (Å²) in [7, 11) is 0. The zero-order valence-corrected chi connectivity index (χ0v) is 10.9. The highest BCUT2D eigenvalue weighted by Gasteiger charge is 2.51. The van der Waals surface area contributed by atoms with Crippen molar-refractivity contribution in [1.29, 1.82) is 0 Å². The molecule has 0 aliphatic heterocycles. The first-order valence-electron chi connectivity index (χ1n) is 6.64. The maximum atomic E-state index is 14.0. The molecule has 1 atom stereocenters. The Morgan fingerprint density at radius 2 is 1.70 bits per heavy atom. The lowest BCUT2D eigenvalue weighted by Gasteiger charge is -2.27. The Labute approximate surface area is 116 Å². The van der Waals surface area contributed by atoms with Gasteiger partial charge < -0.3 is 0 Å². The first-order chi connectivity index (χ1) is 9.69. The van der Waals surface area contributed by atoms with Crippen LogP contribution >= 0.6 is 0 Å². The van der Waals surface area contributed by atoms with E-state index in [0.717, 1.165) is 24.5 Å². The van der Waals surface area contributed by atoms with E-state index in [9.17, 15) is 8.78 Å². The van der Waals surface area contributed by atoms with Gasteiger partial charge in [0.2, 0.25) is 0 Å². The molecule has 1 fully saturated rings. The van der Waals surface area contributed by atoms with Gasteiger partial charge in [0, 0.05) is 11.0 Å². The number of nitrogens with one attached hydrogen (secondary N) is 1. The smallest absolute Gasteiger partial charge is 0.163 e. The van der Waals surface area contributed by atoms with E-state index in [4.69, 9.17) is 5.84 Å². The third kappa shape index (κ3) is 2.01. The van der Waals surface area contributed by atoms with Crippen LogP contribution in [0.1, 0.15) is 30.0 Å². The van der Waals surface area contributed by atoms with Gasteiger partial charge in [0.15, 0.2) is 11.6 Å². The number of hydrazine groups is 1. The van der Waals surface area contributed by atoms with Crippen LogP contribution < -0.4 is 11.3 Å². The van der Waals surface area contributed by atoms with Crippen molar-refractivity contribution >= 4 is 0 Å². The largest absolute Gasteiger partial charge is 0.271 e. The monoisotopic (exact) mass is 274 g/mol. The second kappa shape index (κ2) is 4.96. The number of hydrogen-bond acceptors (Lipinski definition) is 2. The topological polar surface area (TPSA) is 38.0 Å². The highest BCUT2D eigenvalue weighted by atomic mass is 19.2. The van der Waals surface area contributed by atoms with Gasteiger partial charge in [0.05, 0.1) is 6.04 Å². The Kier molecular flexibility index (Phi) is 3.28. The van der Waals surface area contributed by atoms with E-state index in [1.165, 1.54) is 6.07 Å². The third-order valence-corrected chi connectivity index (χ3v) is 4.15. The fourth-order valence-corrected chi connectivity index (χ4v) is 2.94. The van der Waals surface area contributed by atoms with E-state index >= 15 is 0 Å². The summed E-state index contributed by atoms with van der Waals surface area (Å²) < 4.78 is 27.5. The predicted octanol–water partition coefficient (Wildman–Crippen LogP) is 3.20. The van der Waals surface area contributed by atoms with Crippen LogP contribution in [0, 0.1) is 11.6 Å². The molecule has 104 valence electrons. The number of benzene rings is 2. The normalized spacial score (nSPS) is 17.8. The van der Waals surface area contributed by atoms with Gasteiger partial charge in [-0.05, 0) is 24.5 Å². The van der Waals surface area contributed by atoms with E-state index in [1.807, 2.05) is 30.3 Å². The minimum absolute atomic E-state index is 0.245. The molecule has 0 saturated heterocycles. The van der Waals surface area contributed by atoms with Crippen LogP contribution in [0.2, 0.25) is 0 Å². The number of rotatable bonds is 4. The summed E-state index contributed by atoms with van der Waals surface area (Å²) in [5.74, 6) is 3.99.